The molecule has 2 aromatic rings. The summed E-state index contributed by atoms with van der Waals surface area (Å²) in [7, 11) is 1.85. The summed E-state index contributed by atoms with van der Waals surface area (Å²) in [4.78, 5) is 9.07. The van der Waals surface area contributed by atoms with Gasteiger partial charge >= 0.3 is 0 Å². The zero-order valence-electron chi connectivity index (χ0n) is 10.9. The van der Waals surface area contributed by atoms with E-state index in [1.165, 1.54) is 0 Å². The van der Waals surface area contributed by atoms with Gasteiger partial charge in [-0.1, -0.05) is 40.9 Å². The van der Waals surface area contributed by atoms with E-state index in [4.69, 9.17) is 11.6 Å². The third kappa shape index (κ3) is 3.45. The Morgan fingerprint density at radius 1 is 1.26 bits per heavy atom. The maximum absolute atomic E-state index is 6.23. The number of aromatic nitrogens is 2. The summed E-state index contributed by atoms with van der Waals surface area (Å²) in [6.07, 6.45) is 1.97. The Kier molecular flexibility index (Phi) is 4.77. The minimum Gasteiger partial charge on any atom is -0.373 e. The number of nitrogens with one attached hydrogen (secondary N) is 1. The van der Waals surface area contributed by atoms with Crippen LogP contribution in [0.15, 0.2) is 28.7 Å². The van der Waals surface area contributed by atoms with E-state index in [0.29, 0.717) is 10.8 Å². The molecule has 1 heterocycles. The van der Waals surface area contributed by atoms with Gasteiger partial charge in [0.2, 0.25) is 0 Å². The van der Waals surface area contributed by atoms with Crippen LogP contribution in [0.4, 0.5) is 5.82 Å². The predicted molar refractivity (Wildman–Crippen MR) is 83.7 cm³/mol. The molecule has 0 amide bonds. The van der Waals surface area contributed by atoms with Crippen molar-refractivity contribution in [2.45, 2.75) is 19.8 Å². The molecule has 100 valence electrons. The number of hydrogen-bond acceptors (Lipinski definition) is 3. The van der Waals surface area contributed by atoms with E-state index in [0.717, 1.165) is 34.4 Å². The molecular weight excluding hydrogens is 326 g/mol. The normalized spacial score (nSPS) is 10.5. The van der Waals surface area contributed by atoms with Gasteiger partial charge in [0.15, 0.2) is 5.82 Å². The van der Waals surface area contributed by atoms with Gasteiger partial charge in [-0.2, -0.15) is 0 Å². The molecule has 0 atom stereocenters. The second-order valence-corrected chi connectivity index (χ2v) is 5.52. The molecule has 0 aliphatic heterocycles. The average Bonchev–Trinajstić information content (AvgIpc) is 2.41. The molecule has 0 saturated carbocycles. The average molecular weight is 341 g/mol. The van der Waals surface area contributed by atoms with Gasteiger partial charge in [0, 0.05) is 28.8 Å². The molecule has 0 unspecified atom stereocenters. The van der Waals surface area contributed by atoms with Crippen LogP contribution in [-0.4, -0.2) is 17.0 Å². The van der Waals surface area contributed by atoms with Crippen molar-refractivity contribution in [2.75, 3.05) is 12.4 Å². The fourth-order valence-electron chi connectivity index (χ4n) is 1.80. The Morgan fingerprint density at radius 2 is 2.05 bits per heavy atom. The van der Waals surface area contributed by atoms with Gasteiger partial charge in [-0.25, -0.2) is 9.97 Å². The van der Waals surface area contributed by atoms with E-state index >= 15 is 0 Å². The monoisotopic (exact) mass is 339 g/mol. The molecule has 1 N–H and O–H groups in total. The molecule has 19 heavy (non-hydrogen) atoms. The molecule has 0 saturated heterocycles. The van der Waals surface area contributed by atoms with Crippen molar-refractivity contribution in [2.24, 2.45) is 0 Å². The highest BCUT2D eigenvalue weighted by Crippen LogP contribution is 2.29. The molecule has 0 aliphatic carbocycles. The third-order valence-corrected chi connectivity index (χ3v) is 3.53. The Labute approximate surface area is 126 Å². The van der Waals surface area contributed by atoms with E-state index in [1.807, 2.05) is 31.3 Å². The summed E-state index contributed by atoms with van der Waals surface area (Å²) in [6, 6.07) is 7.66. The zero-order chi connectivity index (χ0) is 13.8. The summed E-state index contributed by atoms with van der Waals surface area (Å²) < 4.78 is 0.961. The van der Waals surface area contributed by atoms with Crippen molar-refractivity contribution in [1.29, 1.82) is 0 Å². The summed E-state index contributed by atoms with van der Waals surface area (Å²) in [5.74, 6) is 1.46. The van der Waals surface area contributed by atoms with Crippen LogP contribution in [0.1, 0.15) is 19.0 Å². The topological polar surface area (TPSA) is 37.8 Å². The van der Waals surface area contributed by atoms with Crippen LogP contribution in [0.5, 0.6) is 0 Å². The molecule has 3 nitrogen and oxygen atoms in total. The lowest BCUT2D eigenvalue weighted by Crippen LogP contribution is -2.01. The van der Waals surface area contributed by atoms with Crippen molar-refractivity contribution < 1.29 is 0 Å². The highest BCUT2D eigenvalue weighted by molar-refractivity contribution is 9.10. The summed E-state index contributed by atoms with van der Waals surface area (Å²) >= 11 is 9.68. The molecule has 0 spiro atoms. The van der Waals surface area contributed by atoms with Crippen LogP contribution in [-0.2, 0) is 6.42 Å². The fourth-order valence-corrected chi connectivity index (χ4v) is 2.36. The van der Waals surface area contributed by atoms with E-state index in [2.05, 4.69) is 38.1 Å². The lowest BCUT2D eigenvalue weighted by molar-refractivity contribution is 0.876. The van der Waals surface area contributed by atoms with Crippen LogP contribution in [0.3, 0.4) is 0 Å². The number of hydrogen-bond donors (Lipinski definition) is 1. The molecule has 1 aromatic carbocycles. The lowest BCUT2D eigenvalue weighted by atomic mass is 10.2. The molecule has 5 heteroatoms. The molecule has 0 aliphatic rings. The number of rotatable bonds is 4. The van der Waals surface area contributed by atoms with Crippen LogP contribution < -0.4 is 5.32 Å². The Hall–Kier alpha value is -1.13. The quantitative estimate of drug-likeness (QED) is 0.887. The van der Waals surface area contributed by atoms with Crippen molar-refractivity contribution in [3.05, 3.63) is 39.5 Å². The number of aryl methyl sites for hydroxylation is 1. The minimum atomic E-state index is 0.652. The molecular formula is C14H15BrClN3. The van der Waals surface area contributed by atoms with Gasteiger partial charge in [0.1, 0.15) is 5.82 Å². The van der Waals surface area contributed by atoms with Gasteiger partial charge in [-0.3, -0.25) is 0 Å². The van der Waals surface area contributed by atoms with Crippen LogP contribution in [0.25, 0.3) is 11.4 Å². The van der Waals surface area contributed by atoms with Crippen LogP contribution in [0.2, 0.25) is 5.02 Å². The number of benzene rings is 1. The summed E-state index contributed by atoms with van der Waals surface area (Å²) in [6.45, 7) is 2.13. The van der Waals surface area contributed by atoms with E-state index < -0.39 is 0 Å². The molecule has 0 radical (unpaired) electrons. The van der Waals surface area contributed by atoms with E-state index in [1.54, 1.807) is 0 Å². The first-order valence-electron chi connectivity index (χ1n) is 6.15. The van der Waals surface area contributed by atoms with Gasteiger partial charge in [-0.05, 0) is 24.6 Å². The maximum Gasteiger partial charge on any atom is 0.163 e. The number of halogens is 2. The first kappa shape index (κ1) is 14.3. The number of anilines is 1. The van der Waals surface area contributed by atoms with Crippen LogP contribution >= 0.6 is 27.5 Å². The second-order valence-electron chi connectivity index (χ2n) is 4.19. The minimum absolute atomic E-state index is 0.652. The van der Waals surface area contributed by atoms with E-state index in [9.17, 15) is 0 Å². The van der Waals surface area contributed by atoms with Crippen molar-refractivity contribution in [3.8, 4) is 11.4 Å². The van der Waals surface area contributed by atoms with Gasteiger partial charge < -0.3 is 5.32 Å². The lowest BCUT2D eigenvalue weighted by Gasteiger charge is -2.09. The zero-order valence-corrected chi connectivity index (χ0v) is 13.2. The molecule has 0 bridgehead atoms. The fraction of sp³-hybridized carbons (Fsp3) is 0.286. The highest BCUT2D eigenvalue weighted by atomic mass is 79.9. The molecule has 2 rings (SSSR count). The van der Waals surface area contributed by atoms with Crippen molar-refractivity contribution in [1.82, 2.24) is 9.97 Å². The van der Waals surface area contributed by atoms with Crippen molar-refractivity contribution in [3.63, 3.8) is 0 Å². The third-order valence-electron chi connectivity index (χ3n) is 2.71. The Balaban J connectivity index is 2.54. The van der Waals surface area contributed by atoms with Gasteiger partial charge in [0.05, 0.1) is 5.02 Å². The largest absolute Gasteiger partial charge is 0.373 e. The maximum atomic E-state index is 6.23. The number of nitrogens with zero attached hydrogens (tertiary/aromatic N) is 2. The smallest absolute Gasteiger partial charge is 0.163 e. The van der Waals surface area contributed by atoms with Gasteiger partial charge in [0.25, 0.3) is 0 Å². The molecule has 1 aromatic heterocycles. The summed E-state index contributed by atoms with van der Waals surface area (Å²) in [5.41, 5.74) is 1.86. The van der Waals surface area contributed by atoms with E-state index in [-0.39, 0.29) is 0 Å². The summed E-state index contributed by atoms with van der Waals surface area (Å²) in [5, 5.41) is 3.72. The Morgan fingerprint density at radius 3 is 2.74 bits per heavy atom. The van der Waals surface area contributed by atoms with Crippen molar-refractivity contribution >= 4 is 33.3 Å². The first-order valence-corrected chi connectivity index (χ1v) is 7.32. The predicted octanol–water partition coefficient (Wildman–Crippen LogP) is 4.55. The highest BCUT2D eigenvalue weighted by Gasteiger charge is 2.10. The molecule has 0 fully saturated rings. The standard InChI is InChI=1S/C14H15BrClN3/c1-3-4-10-8-13(17-2)19-14(18-10)11-7-9(15)5-6-12(11)16/h5-8H,3-4H2,1-2H3,(H,17,18,19). The van der Waals surface area contributed by atoms with Crippen LogP contribution in [0, 0.1) is 0 Å². The van der Waals surface area contributed by atoms with Gasteiger partial charge in [-0.15, -0.1) is 0 Å². The first-order chi connectivity index (χ1) is 9.13. The Bertz CT molecular complexity index is 587. The SMILES string of the molecule is CCCc1cc(NC)nc(-c2cc(Br)ccc2Cl)n1. The second kappa shape index (κ2) is 6.35.